The Labute approximate surface area is 116 Å². The lowest BCUT2D eigenvalue weighted by molar-refractivity contribution is 0.0555. The maximum Gasteiger partial charge on any atom is 0.232 e. The van der Waals surface area contributed by atoms with E-state index in [0.29, 0.717) is 28.7 Å². The number of aromatic nitrogens is 3. The first kappa shape index (κ1) is 14.2. The van der Waals surface area contributed by atoms with Crippen LogP contribution in [0.4, 0.5) is 0 Å². The highest BCUT2D eigenvalue weighted by atomic mass is 16.5. The van der Waals surface area contributed by atoms with Gasteiger partial charge in [0.2, 0.25) is 11.7 Å². The highest BCUT2D eigenvalue weighted by Gasteiger charge is 2.22. The normalized spacial score (nSPS) is 12.6. The molecular formula is C13H16N4O3. The maximum atomic E-state index is 9.03. The molecular weight excluding hydrogens is 260 g/mol. The summed E-state index contributed by atoms with van der Waals surface area (Å²) < 4.78 is 15.5. The topological polar surface area (TPSA) is 98.0 Å². The van der Waals surface area contributed by atoms with Gasteiger partial charge in [-0.3, -0.25) is 0 Å². The minimum absolute atomic E-state index is 0.220. The number of nitriles is 1. The lowest BCUT2D eigenvalue weighted by Gasteiger charge is -2.14. The number of methoxy groups -OCH3 is 1. The summed E-state index contributed by atoms with van der Waals surface area (Å²) in [5, 5.41) is 16.8. The molecule has 20 heavy (non-hydrogen) atoms. The van der Waals surface area contributed by atoms with E-state index < -0.39 is 0 Å². The molecule has 2 aromatic heterocycles. The Kier molecular flexibility index (Phi) is 4.15. The Morgan fingerprint density at radius 3 is 2.65 bits per heavy atom. The smallest absolute Gasteiger partial charge is 0.232 e. The fraction of sp³-hybridized carbons (Fsp3) is 0.538. The van der Waals surface area contributed by atoms with Gasteiger partial charge in [0.05, 0.1) is 6.42 Å². The molecule has 1 unspecified atom stereocenters. The van der Waals surface area contributed by atoms with Crippen LogP contribution in [0.15, 0.2) is 9.05 Å². The second-order valence-electron chi connectivity index (χ2n) is 4.80. The third kappa shape index (κ3) is 2.70. The zero-order valence-electron chi connectivity index (χ0n) is 11.9. The number of ether oxygens (including phenoxy) is 1. The zero-order chi connectivity index (χ0) is 14.7. The Morgan fingerprint density at radius 1 is 1.30 bits per heavy atom. The van der Waals surface area contributed by atoms with Crippen LogP contribution < -0.4 is 0 Å². The van der Waals surface area contributed by atoms with Gasteiger partial charge in [0, 0.05) is 7.11 Å². The zero-order valence-corrected chi connectivity index (χ0v) is 11.9. The predicted molar refractivity (Wildman–Crippen MR) is 67.6 cm³/mol. The van der Waals surface area contributed by atoms with Crippen LogP contribution in [-0.2, 0) is 11.2 Å². The van der Waals surface area contributed by atoms with Gasteiger partial charge in [-0.05, 0) is 12.8 Å². The molecule has 0 fully saturated rings. The van der Waals surface area contributed by atoms with E-state index in [2.05, 4.69) is 21.4 Å². The van der Waals surface area contributed by atoms with Crippen molar-refractivity contribution in [1.29, 1.82) is 5.26 Å². The standard InChI is InChI=1S/C13H16N4O3/c1-7(2)12(18-4)13-15-11(20-17-13)5-10-9(6-14)8(3)19-16-10/h7,12H,5H2,1-4H3. The third-order valence-electron chi connectivity index (χ3n) is 2.96. The minimum Gasteiger partial charge on any atom is -0.373 e. The van der Waals surface area contributed by atoms with Crippen molar-refractivity contribution in [3.63, 3.8) is 0 Å². The van der Waals surface area contributed by atoms with Crippen molar-refractivity contribution >= 4 is 0 Å². The second kappa shape index (κ2) is 5.84. The highest BCUT2D eigenvalue weighted by Crippen LogP contribution is 2.23. The lowest BCUT2D eigenvalue weighted by atomic mass is 10.1. The van der Waals surface area contributed by atoms with Gasteiger partial charge in [-0.15, -0.1) is 0 Å². The highest BCUT2D eigenvalue weighted by molar-refractivity contribution is 5.36. The van der Waals surface area contributed by atoms with E-state index in [-0.39, 0.29) is 18.4 Å². The van der Waals surface area contributed by atoms with Crippen LogP contribution in [-0.4, -0.2) is 22.4 Å². The summed E-state index contributed by atoms with van der Waals surface area (Å²) in [6.45, 7) is 5.71. The third-order valence-corrected chi connectivity index (χ3v) is 2.96. The molecule has 0 N–H and O–H groups in total. The predicted octanol–water partition coefficient (Wildman–Crippen LogP) is 2.17. The summed E-state index contributed by atoms with van der Waals surface area (Å²) in [4.78, 5) is 4.29. The average molecular weight is 276 g/mol. The SMILES string of the molecule is COC(c1noc(Cc2noc(C)c2C#N)n1)C(C)C. The van der Waals surface area contributed by atoms with Gasteiger partial charge in [0.1, 0.15) is 23.4 Å². The fourth-order valence-electron chi connectivity index (χ4n) is 1.96. The van der Waals surface area contributed by atoms with Crippen LogP contribution in [0.2, 0.25) is 0 Å². The molecule has 2 heterocycles. The molecule has 0 aliphatic heterocycles. The molecule has 7 nitrogen and oxygen atoms in total. The number of nitrogens with zero attached hydrogens (tertiary/aromatic N) is 4. The first-order chi connectivity index (χ1) is 9.56. The average Bonchev–Trinajstić information content (AvgIpc) is 2.98. The Hall–Kier alpha value is -2.20. The van der Waals surface area contributed by atoms with Crippen LogP contribution in [0, 0.1) is 24.2 Å². The van der Waals surface area contributed by atoms with E-state index in [0.717, 1.165) is 0 Å². The van der Waals surface area contributed by atoms with Gasteiger partial charge in [-0.25, -0.2) is 0 Å². The minimum atomic E-state index is -0.220. The largest absolute Gasteiger partial charge is 0.373 e. The van der Waals surface area contributed by atoms with Crippen LogP contribution in [0.5, 0.6) is 0 Å². The molecule has 0 bridgehead atoms. The number of rotatable bonds is 5. The van der Waals surface area contributed by atoms with E-state index in [1.165, 1.54) is 0 Å². The van der Waals surface area contributed by atoms with Crippen molar-refractivity contribution < 1.29 is 13.8 Å². The lowest BCUT2D eigenvalue weighted by Crippen LogP contribution is -2.10. The molecule has 0 aliphatic rings. The molecule has 0 saturated heterocycles. The van der Waals surface area contributed by atoms with E-state index in [1.807, 2.05) is 13.8 Å². The summed E-state index contributed by atoms with van der Waals surface area (Å²) in [7, 11) is 1.61. The molecule has 2 aromatic rings. The molecule has 7 heteroatoms. The molecule has 1 atom stereocenters. The molecule has 0 aromatic carbocycles. The van der Waals surface area contributed by atoms with Crippen molar-refractivity contribution in [2.75, 3.05) is 7.11 Å². The molecule has 2 rings (SSSR count). The van der Waals surface area contributed by atoms with Crippen molar-refractivity contribution in [3.05, 3.63) is 28.7 Å². The summed E-state index contributed by atoms with van der Waals surface area (Å²) in [6.07, 6.45) is 0.0453. The second-order valence-corrected chi connectivity index (χ2v) is 4.80. The summed E-state index contributed by atoms with van der Waals surface area (Å²) in [5.41, 5.74) is 0.913. The molecule has 0 spiro atoms. The van der Waals surface area contributed by atoms with Crippen LogP contribution in [0.25, 0.3) is 0 Å². The molecule has 106 valence electrons. The van der Waals surface area contributed by atoms with Crippen molar-refractivity contribution in [2.45, 2.75) is 33.3 Å². The fourth-order valence-corrected chi connectivity index (χ4v) is 1.96. The summed E-state index contributed by atoms with van der Waals surface area (Å²) in [5.74, 6) is 1.59. The van der Waals surface area contributed by atoms with E-state index in [9.17, 15) is 0 Å². The first-order valence-corrected chi connectivity index (χ1v) is 6.27. The van der Waals surface area contributed by atoms with E-state index in [1.54, 1.807) is 14.0 Å². The summed E-state index contributed by atoms with van der Waals surface area (Å²) >= 11 is 0. The monoisotopic (exact) mass is 276 g/mol. The molecule has 0 amide bonds. The van der Waals surface area contributed by atoms with Gasteiger partial charge in [-0.2, -0.15) is 10.2 Å². The van der Waals surface area contributed by atoms with Crippen molar-refractivity contribution in [1.82, 2.24) is 15.3 Å². The molecule has 0 aliphatic carbocycles. The summed E-state index contributed by atoms with van der Waals surface area (Å²) in [6, 6.07) is 2.05. The number of hydrogen-bond donors (Lipinski definition) is 0. The first-order valence-electron chi connectivity index (χ1n) is 6.27. The van der Waals surface area contributed by atoms with E-state index in [4.69, 9.17) is 19.0 Å². The van der Waals surface area contributed by atoms with Gasteiger partial charge in [0.15, 0.2) is 5.76 Å². The van der Waals surface area contributed by atoms with Crippen LogP contribution >= 0.6 is 0 Å². The van der Waals surface area contributed by atoms with Gasteiger partial charge < -0.3 is 13.8 Å². The van der Waals surface area contributed by atoms with Crippen molar-refractivity contribution in [2.24, 2.45) is 5.92 Å². The van der Waals surface area contributed by atoms with Gasteiger partial charge in [0.25, 0.3) is 0 Å². The molecule has 0 radical (unpaired) electrons. The number of hydrogen-bond acceptors (Lipinski definition) is 7. The quantitative estimate of drug-likeness (QED) is 0.825. The molecule has 0 saturated carbocycles. The Balaban J connectivity index is 2.20. The van der Waals surface area contributed by atoms with Gasteiger partial charge >= 0.3 is 0 Å². The maximum absolute atomic E-state index is 9.03. The van der Waals surface area contributed by atoms with Crippen LogP contribution in [0.1, 0.15) is 48.7 Å². The van der Waals surface area contributed by atoms with Gasteiger partial charge in [-0.1, -0.05) is 24.2 Å². The van der Waals surface area contributed by atoms with Crippen molar-refractivity contribution in [3.8, 4) is 6.07 Å². The van der Waals surface area contributed by atoms with E-state index >= 15 is 0 Å². The Bertz CT molecular complexity index is 624. The van der Waals surface area contributed by atoms with Crippen LogP contribution in [0.3, 0.4) is 0 Å². The Morgan fingerprint density at radius 2 is 2.05 bits per heavy atom. The number of aryl methyl sites for hydroxylation is 1.